The lowest BCUT2D eigenvalue weighted by atomic mass is 9.95. The van der Waals surface area contributed by atoms with E-state index in [0.29, 0.717) is 12.6 Å². The van der Waals surface area contributed by atoms with Gasteiger partial charge in [0.25, 0.3) is 0 Å². The Morgan fingerprint density at radius 3 is 2.53 bits per heavy atom. The van der Waals surface area contributed by atoms with Gasteiger partial charge in [-0.25, -0.2) is 0 Å². The van der Waals surface area contributed by atoms with Crippen LogP contribution in [0.1, 0.15) is 33.6 Å². The van der Waals surface area contributed by atoms with Crippen molar-refractivity contribution in [2.75, 3.05) is 26.2 Å². The summed E-state index contributed by atoms with van der Waals surface area (Å²) in [6.45, 7) is 13.7. The maximum absolute atomic E-state index is 11.9. The Morgan fingerprint density at radius 2 is 2.00 bits per heavy atom. The molecule has 1 fully saturated rings. The van der Waals surface area contributed by atoms with Crippen LogP contribution < -0.4 is 10.6 Å². The maximum Gasteiger partial charge on any atom is 0.237 e. The first-order chi connectivity index (χ1) is 9.04. The number of carbonyl (C=O) groups is 1. The lowest BCUT2D eigenvalue weighted by Crippen LogP contribution is -2.49. The fourth-order valence-electron chi connectivity index (χ4n) is 2.43. The number of amides is 1. The number of likely N-dealkylation sites (tertiary alicyclic amines) is 1. The van der Waals surface area contributed by atoms with Crippen LogP contribution in [0, 0.1) is 5.92 Å². The third-order valence-electron chi connectivity index (χ3n) is 3.81. The van der Waals surface area contributed by atoms with Crippen LogP contribution in [0.25, 0.3) is 0 Å². The maximum atomic E-state index is 11.9. The second-order valence-electron chi connectivity index (χ2n) is 5.75. The van der Waals surface area contributed by atoms with Crippen molar-refractivity contribution in [1.29, 1.82) is 0 Å². The van der Waals surface area contributed by atoms with Gasteiger partial charge in [0.15, 0.2) is 0 Å². The van der Waals surface area contributed by atoms with Crippen molar-refractivity contribution in [1.82, 2.24) is 15.5 Å². The second kappa shape index (κ2) is 8.33. The lowest BCUT2D eigenvalue weighted by molar-refractivity contribution is -0.126. The zero-order valence-corrected chi connectivity index (χ0v) is 12.6. The van der Waals surface area contributed by atoms with Crippen molar-refractivity contribution >= 4 is 5.91 Å². The summed E-state index contributed by atoms with van der Waals surface area (Å²) in [5, 5.41) is 6.37. The zero-order valence-electron chi connectivity index (χ0n) is 12.6. The highest BCUT2D eigenvalue weighted by atomic mass is 16.2. The van der Waals surface area contributed by atoms with Gasteiger partial charge in [-0.15, -0.1) is 6.58 Å². The molecule has 1 rings (SSSR count). The average molecular weight is 267 g/mol. The molecular formula is C15H29N3O. The quantitative estimate of drug-likeness (QED) is 0.685. The van der Waals surface area contributed by atoms with E-state index in [9.17, 15) is 4.79 Å². The summed E-state index contributed by atoms with van der Waals surface area (Å²) in [6.07, 6.45) is 4.08. The van der Waals surface area contributed by atoms with Gasteiger partial charge in [-0.05, 0) is 45.3 Å². The molecule has 1 aliphatic rings. The fourth-order valence-corrected chi connectivity index (χ4v) is 2.43. The number of carbonyl (C=O) groups excluding carboxylic acids is 1. The van der Waals surface area contributed by atoms with Crippen LogP contribution in [0.3, 0.4) is 0 Å². The van der Waals surface area contributed by atoms with Gasteiger partial charge in [-0.2, -0.15) is 0 Å². The number of hydrogen-bond acceptors (Lipinski definition) is 3. The Bertz CT molecular complexity index is 283. The molecule has 0 radical (unpaired) electrons. The predicted octanol–water partition coefficient (Wildman–Crippen LogP) is 1.39. The van der Waals surface area contributed by atoms with E-state index in [1.165, 1.54) is 12.8 Å². The van der Waals surface area contributed by atoms with Crippen LogP contribution in [0.15, 0.2) is 12.7 Å². The number of piperidine rings is 1. The van der Waals surface area contributed by atoms with Crippen molar-refractivity contribution < 1.29 is 4.79 Å². The normalized spacial score (nSPS) is 19.4. The SMILES string of the molecule is C=CCNC(=O)C(C)N1CCC(CNC(C)C)CC1. The van der Waals surface area contributed by atoms with E-state index in [-0.39, 0.29) is 11.9 Å². The molecule has 4 nitrogen and oxygen atoms in total. The smallest absolute Gasteiger partial charge is 0.237 e. The molecule has 4 heteroatoms. The molecule has 0 saturated carbocycles. The van der Waals surface area contributed by atoms with Crippen molar-refractivity contribution in [3.63, 3.8) is 0 Å². The predicted molar refractivity (Wildman–Crippen MR) is 80.1 cm³/mol. The van der Waals surface area contributed by atoms with Gasteiger partial charge in [0.1, 0.15) is 0 Å². The summed E-state index contributed by atoms with van der Waals surface area (Å²) < 4.78 is 0. The summed E-state index contributed by atoms with van der Waals surface area (Å²) in [6, 6.07) is 0.528. The summed E-state index contributed by atoms with van der Waals surface area (Å²) in [7, 11) is 0. The van der Waals surface area contributed by atoms with E-state index in [1.807, 2.05) is 6.92 Å². The van der Waals surface area contributed by atoms with Crippen LogP contribution in [0.2, 0.25) is 0 Å². The highest BCUT2D eigenvalue weighted by Crippen LogP contribution is 2.18. The number of nitrogens with zero attached hydrogens (tertiary/aromatic N) is 1. The molecule has 0 spiro atoms. The van der Waals surface area contributed by atoms with Crippen LogP contribution >= 0.6 is 0 Å². The molecule has 0 aromatic carbocycles. The topological polar surface area (TPSA) is 44.4 Å². The van der Waals surface area contributed by atoms with Crippen LogP contribution in [-0.4, -0.2) is 49.1 Å². The third kappa shape index (κ3) is 5.74. The minimum atomic E-state index is -0.0287. The van der Waals surface area contributed by atoms with E-state index >= 15 is 0 Å². The Hall–Kier alpha value is -0.870. The summed E-state index contributed by atoms with van der Waals surface area (Å²) in [4.78, 5) is 14.2. The summed E-state index contributed by atoms with van der Waals surface area (Å²) >= 11 is 0. The van der Waals surface area contributed by atoms with E-state index in [4.69, 9.17) is 0 Å². The van der Waals surface area contributed by atoms with Gasteiger partial charge < -0.3 is 10.6 Å². The molecule has 0 aliphatic carbocycles. The molecule has 1 heterocycles. The second-order valence-corrected chi connectivity index (χ2v) is 5.75. The molecule has 1 amide bonds. The highest BCUT2D eigenvalue weighted by molar-refractivity contribution is 5.81. The largest absolute Gasteiger partial charge is 0.351 e. The molecular weight excluding hydrogens is 238 g/mol. The first kappa shape index (κ1) is 16.2. The lowest BCUT2D eigenvalue weighted by Gasteiger charge is -2.35. The molecule has 0 aromatic heterocycles. The fraction of sp³-hybridized carbons (Fsp3) is 0.800. The number of hydrogen-bond donors (Lipinski definition) is 2. The van der Waals surface area contributed by atoms with Crippen molar-refractivity contribution in [2.45, 2.75) is 45.7 Å². The Labute approximate surface area is 117 Å². The van der Waals surface area contributed by atoms with Gasteiger partial charge in [-0.3, -0.25) is 9.69 Å². The van der Waals surface area contributed by atoms with E-state index in [0.717, 1.165) is 25.6 Å². The first-order valence-corrected chi connectivity index (χ1v) is 7.40. The molecule has 110 valence electrons. The summed E-state index contributed by atoms with van der Waals surface area (Å²) in [5.41, 5.74) is 0. The van der Waals surface area contributed by atoms with Gasteiger partial charge in [-0.1, -0.05) is 19.9 Å². The minimum absolute atomic E-state index is 0.0287. The molecule has 1 unspecified atom stereocenters. The van der Waals surface area contributed by atoms with Gasteiger partial charge in [0.2, 0.25) is 5.91 Å². The molecule has 1 saturated heterocycles. The average Bonchev–Trinajstić information content (AvgIpc) is 2.42. The van der Waals surface area contributed by atoms with Gasteiger partial charge >= 0.3 is 0 Å². The monoisotopic (exact) mass is 267 g/mol. The van der Waals surface area contributed by atoms with Crippen LogP contribution in [0.5, 0.6) is 0 Å². The Balaban J connectivity index is 2.28. The van der Waals surface area contributed by atoms with Crippen LogP contribution in [0.4, 0.5) is 0 Å². The van der Waals surface area contributed by atoms with Crippen molar-refractivity contribution in [3.05, 3.63) is 12.7 Å². The summed E-state index contributed by atoms with van der Waals surface area (Å²) in [5.74, 6) is 0.862. The highest BCUT2D eigenvalue weighted by Gasteiger charge is 2.26. The van der Waals surface area contributed by atoms with Crippen molar-refractivity contribution in [2.24, 2.45) is 5.92 Å². The molecule has 19 heavy (non-hydrogen) atoms. The van der Waals surface area contributed by atoms with E-state index < -0.39 is 0 Å². The zero-order chi connectivity index (χ0) is 14.3. The molecule has 1 aliphatic heterocycles. The van der Waals surface area contributed by atoms with Gasteiger partial charge in [0, 0.05) is 12.6 Å². The van der Waals surface area contributed by atoms with Gasteiger partial charge in [0.05, 0.1) is 6.04 Å². The molecule has 2 N–H and O–H groups in total. The minimum Gasteiger partial charge on any atom is -0.351 e. The number of nitrogens with one attached hydrogen (secondary N) is 2. The molecule has 0 aromatic rings. The molecule has 1 atom stereocenters. The Kier molecular flexibility index (Phi) is 7.10. The Morgan fingerprint density at radius 1 is 1.37 bits per heavy atom. The first-order valence-electron chi connectivity index (χ1n) is 7.40. The van der Waals surface area contributed by atoms with Crippen LogP contribution in [-0.2, 0) is 4.79 Å². The molecule has 0 bridgehead atoms. The van der Waals surface area contributed by atoms with Crippen molar-refractivity contribution in [3.8, 4) is 0 Å². The number of rotatable bonds is 7. The standard InChI is InChI=1S/C15H29N3O/c1-5-8-16-15(19)13(4)18-9-6-14(7-10-18)11-17-12(2)3/h5,12-14,17H,1,6-11H2,2-4H3,(H,16,19). The third-order valence-corrected chi connectivity index (χ3v) is 3.81. The van der Waals surface area contributed by atoms with E-state index in [2.05, 4.69) is 36.0 Å². The van der Waals surface area contributed by atoms with E-state index in [1.54, 1.807) is 6.08 Å².